The van der Waals surface area contributed by atoms with Crippen molar-refractivity contribution in [2.75, 3.05) is 5.32 Å². The molecule has 1 aromatic carbocycles. The van der Waals surface area contributed by atoms with E-state index in [0.717, 1.165) is 22.0 Å². The average Bonchev–Trinajstić information content (AvgIpc) is 2.97. The van der Waals surface area contributed by atoms with Crippen LogP contribution in [0.2, 0.25) is 0 Å². The molecule has 0 aliphatic heterocycles. The van der Waals surface area contributed by atoms with Gasteiger partial charge in [0.2, 0.25) is 5.91 Å². The van der Waals surface area contributed by atoms with E-state index < -0.39 is 5.91 Å². The lowest BCUT2D eigenvalue weighted by molar-refractivity contribution is 0.100. The molecule has 3 N–H and O–H groups in total. The third-order valence-electron chi connectivity index (χ3n) is 3.17. The predicted octanol–water partition coefficient (Wildman–Crippen LogP) is 2.42. The Balaban J connectivity index is 1.82. The number of primary amides is 1. The van der Waals surface area contributed by atoms with Crippen molar-refractivity contribution in [1.29, 1.82) is 0 Å². The predicted molar refractivity (Wildman–Crippen MR) is 80.1 cm³/mol. The number of thiazole rings is 1. The zero-order valence-corrected chi connectivity index (χ0v) is 11.8. The van der Waals surface area contributed by atoms with Gasteiger partial charge in [0.1, 0.15) is 0 Å². The molecule has 0 saturated heterocycles. The molecule has 20 heavy (non-hydrogen) atoms. The topological polar surface area (TPSA) is 72.4 Å². The maximum absolute atomic E-state index is 11.2. The molecule has 0 aliphatic rings. The van der Waals surface area contributed by atoms with E-state index in [9.17, 15) is 4.79 Å². The molecule has 0 atom stereocenters. The van der Waals surface area contributed by atoms with Crippen LogP contribution in [0.4, 0.5) is 5.69 Å². The van der Waals surface area contributed by atoms with Crippen molar-refractivity contribution in [3.63, 3.8) is 0 Å². The minimum absolute atomic E-state index is 0.422. The van der Waals surface area contributed by atoms with Crippen LogP contribution in [-0.2, 0) is 6.54 Å². The van der Waals surface area contributed by atoms with Gasteiger partial charge in [-0.15, -0.1) is 11.3 Å². The van der Waals surface area contributed by atoms with E-state index in [1.807, 2.05) is 30.6 Å². The van der Waals surface area contributed by atoms with Crippen LogP contribution in [0.5, 0.6) is 0 Å². The quantitative estimate of drug-likeness (QED) is 0.773. The van der Waals surface area contributed by atoms with E-state index in [-0.39, 0.29) is 0 Å². The second-order valence-corrected chi connectivity index (χ2v) is 5.37. The van der Waals surface area contributed by atoms with Gasteiger partial charge >= 0.3 is 0 Å². The van der Waals surface area contributed by atoms with E-state index >= 15 is 0 Å². The highest BCUT2D eigenvalue weighted by atomic mass is 32.1. The number of rotatable bonds is 4. The summed E-state index contributed by atoms with van der Waals surface area (Å²) in [4.78, 5) is 16.7. The minimum atomic E-state index is -0.422. The summed E-state index contributed by atoms with van der Waals surface area (Å²) in [6.07, 6.45) is 2.01. The summed E-state index contributed by atoms with van der Waals surface area (Å²) in [5, 5.41) is 5.31. The first-order valence-electron chi connectivity index (χ1n) is 6.20. The van der Waals surface area contributed by atoms with E-state index in [2.05, 4.69) is 14.7 Å². The largest absolute Gasteiger partial charge is 0.379 e. The molecule has 6 heteroatoms. The van der Waals surface area contributed by atoms with E-state index in [1.54, 1.807) is 23.5 Å². The van der Waals surface area contributed by atoms with Crippen molar-refractivity contribution < 1.29 is 4.79 Å². The van der Waals surface area contributed by atoms with Crippen LogP contribution in [-0.4, -0.2) is 15.3 Å². The lowest BCUT2D eigenvalue weighted by Crippen LogP contribution is -2.11. The fraction of sp³-hybridized carbons (Fsp3) is 0.143. The first-order valence-corrected chi connectivity index (χ1v) is 7.08. The standard InChI is InChI=1S/C14H14N4OS/c1-9-12(18-5-6-20-14(18)17-9)8-16-11-4-2-3-10(7-11)13(15)19/h2-7,16H,8H2,1H3,(H2,15,19). The van der Waals surface area contributed by atoms with E-state index in [0.29, 0.717) is 12.1 Å². The van der Waals surface area contributed by atoms with Crippen LogP contribution in [0.3, 0.4) is 0 Å². The number of hydrogen-bond donors (Lipinski definition) is 2. The van der Waals surface area contributed by atoms with E-state index in [4.69, 9.17) is 5.73 Å². The molecule has 102 valence electrons. The molecule has 0 unspecified atom stereocenters. The van der Waals surface area contributed by atoms with Crippen molar-refractivity contribution >= 4 is 27.9 Å². The molecule has 0 spiro atoms. The summed E-state index contributed by atoms with van der Waals surface area (Å²) >= 11 is 1.61. The number of carbonyl (C=O) groups excluding carboxylic acids is 1. The molecule has 1 amide bonds. The van der Waals surface area contributed by atoms with Gasteiger partial charge < -0.3 is 11.1 Å². The minimum Gasteiger partial charge on any atom is -0.379 e. The highest BCUT2D eigenvalue weighted by Crippen LogP contribution is 2.18. The normalized spacial score (nSPS) is 10.8. The van der Waals surface area contributed by atoms with Crippen LogP contribution in [0.15, 0.2) is 35.8 Å². The maximum atomic E-state index is 11.2. The average molecular weight is 286 g/mol. The van der Waals surface area contributed by atoms with Crippen LogP contribution in [0.25, 0.3) is 4.96 Å². The van der Waals surface area contributed by atoms with Gasteiger partial charge in [-0.05, 0) is 25.1 Å². The van der Waals surface area contributed by atoms with Crippen molar-refractivity contribution in [3.8, 4) is 0 Å². The van der Waals surface area contributed by atoms with Crippen LogP contribution in [0, 0.1) is 6.92 Å². The van der Waals surface area contributed by atoms with Gasteiger partial charge in [0.15, 0.2) is 4.96 Å². The number of nitrogens with two attached hydrogens (primary N) is 1. The van der Waals surface area contributed by atoms with Crippen LogP contribution >= 0.6 is 11.3 Å². The van der Waals surface area contributed by atoms with Gasteiger partial charge in [-0.3, -0.25) is 9.20 Å². The Bertz CT molecular complexity index is 774. The second-order valence-electron chi connectivity index (χ2n) is 4.50. The highest BCUT2D eigenvalue weighted by molar-refractivity contribution is 7.15. The molecule has 0 fully saturated rings. The third kappa shape index (κ3) is 2.25. The number of nitrogens with zero attached hydrogens (tertiary/aromatic N) is 2. The fourth-order valence-electron chi connectivity index (χ4n) is 2.12. The van der Waals surface area contributed by atoms with Gasteiger partial charge in [-0.2, -0.15) is 0 Å². The summed E-state index contributed by atoms with van der Waals surface area (Å²) in [5.74, 6) is -0.422. The maximum Gasteiger partial charge on any atom is 0.248 e. The molecular weight excluding hydrogens is 272 g/mol. The van der Waals surface area contributed by atoms with Gasteiger partial charge in [-0.25, -0.2) is 4.98 Å². The molecule has 0 bridgehead atoms. The molecule has 0 saturated carbocycles. The smallest absolute Gasteiger partial charge is 0.248 e. The Hall–Kier alpha value is -2.34. The van der Waals surface area contributed by atoms with Crippen LogP contribution < -0.4 is 11.1 Å². The number of fused-ring (bicyclic) bond motifs is 1. The first-order chi connectivity index (χ1) is 9.65. The SMILES string of the molecule is Cc1nc2sccn2c1CNc1cccc(C(N)=O)c1. The monoisotopic (exact) mass is 286 g/mol. The lowest BCUT2D eigenvalue weighted by atomic mass is 10.2. The zero-order chi connectivity index (χ0) is 14.1. The number of aromatic nitrogens is 2. The number of nitrogens with one attached hydrogen (secondary N) is 1. The summed E-state index contributed by atoms with van der Waals surface area (Å²) < 4.78 is 2.07. The molecule has 0 radical (unpaired) electrons. The van der Waals surface area contributed by atoms with Gasteiger partial charge in [0.05, 0.1) is 17.9 Å². The number of imidazole rings is 1. The lowest BCUT2D eigenvalue weighted by Gasteiger charge is -2.07. The number of hydrogen-bond acceptors (Lipinski definition) is 4. The number of benzene rings is 1. The number of aryl methyl sites for hydroxylation is 1. The number of carbonyl (C=O) groups is 1. The zero-order valence-electron chi connectivity index (χ0n) is 11.0. The summed E-state index contributed by atoms with van der Waals surface area (Å²) in [6.45, 7) is 2.64. The third-order valence-corrected chi connectivity index (χ3v) is 3.92. The number of amides is 1. The molecular formula is C14H14N4OS. The van der Waals surface area contributed by atoms with Gasteiger partial charge in [-0.1, -0.05) is 6.07 Å². The Morgan fingerprint density at radius 3 is 3.15 bits per heavy atom. The Morgan fingerprint density at radius 1 is 1.50 bits per heavy atom. The van der Waals surface area contributed by atoms with Crippen LogP contribution in [0.1, 0.15) is 21.7 Å². The first kappa shape index (κ1) is 12.7. The number of anilines is 1. The van der Waals surface area contributed by atoms with Gasteiger partial charge in [0.25, 0.3) is 0 Å². The van der Waals surface area contributed by atoms with E-state index in [1.165, 1.54) is 0 Å². The highest BCUT2D eigenvalue weighted by Gasteiger charge is 2.09. The molecule has 3 rings (SSSR count). The van der Waals surface area contributed by atoms with Gasteiger partial charge in [0, 0.05) is 22.8 Å². The summed E-state index contributed by atoms with van der Waals surface area (Å²) in [6, 6.07) is 7.18. The van der Waals surface area contributed by atoms with Crippen molar-refractivity contribution in [2.45, 2.75) is 13.5 Å². The van der Waals surface area contributed by atoms with Crippen molar-refractivity contribution in [2.24, 2.45) is 5.73 Å². The van der Waals surface area contributed by atoms with Crippen molar-refractivity contribution in [3.05, 3.63) is 52.8 Å². The summed E-state index contributed by atoms with van der Waals surface area (Å²) in [5.41, 5.74) is 8.77. The Kier molecular flexibility index (Phi) is 3.15. The molecule has 3 aromatic rings. The molecule has 5 nitrogen and oxygen atoms in total. The Labute approximate surface area is 120 Å². The second kappa shape index (κ2) is 4.97. The molecule has 2 aromatic heterocycles. The fourth-order valence-corrected chi connectivity index (χ4v) is 2.90. The molecule has 0 aliphatic carbocycles. The Morgan fingerprint density at radius 2 is 2.35 bits per heavy atom. The summed E-state index contributed by atoms with van der Waals surface area (Å²) in [7, 11) is 0. The van der Waals surface area contributed by atoms with Crippen molar-refractivity contribution in [1.82, 2.24) is 9.38 Å². The molecule has 2 heterocycles.